The van der Waals surface area contributed by atoms with Crippen molar-refractivity contribution in [3.05, 3.63) is 36.2 Å². The van der Waals surface area contributed by atoms with Gasteiger partial charge in [-0.05, 0) is 31.0 Å². The zero-order valence-electron chi connectivity index (χ0n) is 12.3. The van der Waals surface area contributed by atoms with Gasteiger partial charge in [0.1, 0.15) is 12.0 Å². The van der Waals surface area contributed by atoms with Crippen LogP contribution in [0.3, 0.4) is 0 Å². The van der Waals surface area contributed by atoms with Crippen molar-refractivity contribution in [2.45, 2.75) is 18.9 Å². The summed E-state index contributed by atoms with van der Waals surface area (Å²) >= 11 is 1.64. The maximum atomic E-state index is 6.01. The van der Waals surface area contributed by atoms with Gasteiger partial charge in [0, 0.05) is 22.8 Å². The zero-order chi connectivity index (χ0) is 15.2. The molecule has 2 aliphatic rings. The predicted octanol–water partition coefficient (Wildman–Crippen LogP) is 3.02. The van der Waals surface area contributed by atoms with Gasteiger partial charge in [0.25, 0.3) is 0 Å². The van der Waals surface area contributed by atoms with E-state index in [0.717, 1.165) is 41.2 Å². The van der Waals surface area contributed by atoms with E-state index in [1.54, 1.807) is 24.2 Å². The maximum absolute atomic E-state index is 6.01. The Labute approximate surface area is 132 Å². The highest BCUT2D eigenvalue weighted by Crippen LogP contribution is 2.47. The Morgan fingerprint density at radius 3 is 3.09 bits per heavy atom. The molecule has 2 aromatic rings. The third-order valence-electron chi connectivity index (χ3n) is 4.58. The molecule has 2 aliphatic heterocycles. The number of rotatable bonds is 1. The van der Waals surface area contributed by atoms with Crippen molar-refractivity contribution in [3.63, 3.8) is 0 Å². The predicted molar refractivity (Wildman–Crippen MR) is 87.0 cm³/mol. The molecule has 6 heteroatoms. The summed E-state index contributed by atoms with van der Waals surface area (Å²) in [4.78, 5) is 4.80. The zero-order valence-corrected chi connectivity index (χ0v) is 13.1. The second-order valence-electron chi connectivity index (χ2n) is 5.87. The van der Waals surface area contributed by atoms with Gasteiger partial charge in [0.2, 0.25) is 0 Å². The maximum Gasteiger partial charge on any atom is 0.154 e. The summed E-state index contributed by atoms with van der Waals surface area (Å²) in [6, 6.07) is 6.17. The summed E-state index contributed by atoms with van der Waals surface area (Å²) in [6.07, 6.45) is 4.35. The van der Waals surface area contributed by atoms with Crippen LogP contribution in [-0.2, 0) is 5.54 Å². The van der Waals surface area contributed by atoms with Crippen molar-refractivity contribution in [3.8, 4) is 16.9 Å². The molecule has 2 unspecified atom stereocenters. The smallest absolute Gasteiger partial charge is 0.154 e. The largest absolute Gasteiger partial charge is 0.493 e. The second-order valence-corrected chi connectivity index (χ2v) is 6.91. The highest BCUT2D eigenvalue weighted by Gasteiger charge is 2.42. The summed E-state index contributed by atoms with van der Waals surface area (Å²) < 4.78 is 10.9. The lowest BCUT2D eigenvalue weighted by Gasteiger charge is -2.36. The molecule has 114 valence electrons. The molecule has 2 N–H and O–H groups in total. The number of aliphatic imine (C=N–C) groups is 1. The third kappa shape index (κ3) is 2.09. The van der Waals surface area contributed by atoms with Gasteiger partial charge in [-0.25, -0.2) is 0 Å². The van der Waals surface area contributed by atoms with Crippen LogP contribution in [0, 0.1) is 5.92 Å². The summed E-state index contributed by atoms with van der Waals surface area (Å²) in [5.74, 6) is 2.30. The van der Waals surface area contributed by atoms with E-state index in [0.29, 0.717) is 11.1 Å². The van der Waals surface area contributed by atoms with Crippen LogP contribution in [0.4, 0.5) is 0 Å². The van der Waals surface area contributed by atoms with E-state index in [1.165, 1.54) is 0 Å². The molecule has 0 bridgehead atoms. The van der Waals surface area contributed by atoms with Crippen molar-refractivity contribution in [1.82, 2.24) is 5.16 Å². The molecular formula is C16H17N3O2S. The first-order chi connectivity index (χ1) is 10.7. The molecule has 1 aromatic heterocycles. The first-order valence-electron chi connectivity index (χ1n) is 7.32. The van der Waals surface area contributed by atoms with Crippen LogP contribution in [0.25, 0.3) is 11.1 Å². The summed E-state index contributed by atoms with van der Waals surface area (Å²) in [5.41, 5.74) is 8.78. The molecule has 1 aromatic carbocycles. The standard InChI is InChI=1S/C16H17N3O2S/c1-16-12(9-22-15(17)19-16)4-5-20-14-3-2-10(6-13(14)16)11-7-18-21-8-11/h2-3,6-8,12H,4-5,9H2,1H3,(H2,17,19). The molecule has 0 fully saturated rings. The van der Waals surface area contributed by atoms with E-state index < -0.39 is 0 Å². The Kier molecular flexibility index (Phi) is 3.14. The Balaban J connectivity index is 1.89. The minimum absolute atomic E-state index is 0.339. The second kappa shape index (κ2) is 5.05. The molecule has 0 amide bonds. The number of fused-ring (bicyclic) bond motifs is 3. The number of hydrogen-bond acceptors (Lipinski definition) is 6. The van der Waals surface area contributed by atoms with Gasteiger partial charge in [0.05, 0.1) is 18.3 Å². The van der Waals surface area contributed by atoms with Crippen LogP contribution in [0.5, 0.6) is 5.75 Å². The number of thioether (sulfide) groups is 1. The summed E-state index contributed by atoms with van der Waals surface area (Å²) in [7, 11) is 0. The van der Waals surface area contributed by atoms with Crippen LogP contribution in [0.2, 0.25) is 0 Å². The van der Waals surface area contributed by atoms with E-state index >= 15 is 0 Å². The van der Waals surface area contributed by atoms with Crippen molar-refractivity contribution in [1.29, 1.82) is 0 Å². The fourth-order valence-electron chi connectivity index (χ4n) is 3.23. The normalized spacial score (nSPS) is 27.1. The molecule has 2 atom stereocenters. The van der Waals surface area contributed by atoms with Crippen LogP contribution < -0.4 is 10.5 Å². The SMILES string of the molecule is CC12N=C(N)SCC1CCOc1ccc(-c3cnoc3)cc12. The highest BCUT2D eigenvalue weighted by molar-refractivity contribution is 8.13. The van der Waals surface area contributed by atoms with Crippen molar-refractivity contribution >= 4 is 16.9 Å². The Hall–Kier alpha value is -1.95. The summed E-state index contributed by atoms with van der Waals surface area (Å²) in [6.45, 7) is 2.88. The van der Waals surface area contributed by atoms with E-state index in [4.69, 9.17) is 20.0 Å². The van der Waals surface area contributed by atoms with Crippen LogP contribution in [-0.4, -0.2) is 22.7 Å². The minimum atomic E-state index is -0.339. The summed E-state index contributed by atoms with van der Waals surface area (Å²) in [5, 5.41) is 4.44. The monoisotopic (exact) mass is 315 g/mol. The Morgan fingerprint density at radius 2 is 2.27 bits per heavy atom. The molecule has 4 rings (SSSR count). The van der Waals surface area contributed by atoms with Gasteiger partial charge in [-0.3, -0.25) is 4.99 Å². The number of ether oxygens (including phenoxy) is 1. The van der Waals surface area contributed by atoms with Crippen molar-refractivity contribution in [2.24, 2.45) is 16.6 Å². The van der Waals surface area contributed by atoms with Gasteiger partial charge >= 0.3 is 0 Å². The molecule has 0 saturated carbocycles. The Morgan fingerprint density at radius 1 is 1.36 bits per heavy atom. The Bertz CT molecular complexity index is 729. The lowest BCUT2D eigenvalue weighted by molar-refractivity contribution is 0.271. The van der Waals surface area contributed by atoms with Crippen LogP contribution in [0.15, 0.2) is 40.2 Å². The molecule has 0 saturated heterocycles. The minimum Gasteiger partial charge on any atom is -0.493 e. The number of hydrogen-bond donors (Lipinski definition) is 1. The van der Waals surface area contributed by atoms with Gasteiger partial charge in [-0.15, -0.1) is 0 Å². The third-order valence-corrected chi connectivity index (χ3v) is 5.54. The van der Waals surface area contributed by atoms with Crippen LogP contribution >= 0.6 is 11.8 Å². The van der Waals surface area contributed by atoms with E-state index in [-0.39, 0.29) is 5.54 Å². The first kappa shape index (κ1) is 13.7. The van der Waals surface area contributed by atoms with Gasteiger partial charge in [0.15, 0.2) is 5.17 Å². The van der Waals surface area contributed by atoms with E-state index in [2.05, 4.69) is 18.1 Å². The average Bonchev–Trinajstić information content (AvgIpc) is 2.99. The van der Waals surface area contributed by atoms with E-state index in [9.17, 15) is 0 Å². The topological polar surface area (TPSA) is 73.6 Å². The number of benzene rings is 1. The first-order valence-corrected chi connectivity index (χ1v) is 8.30. The van der Waals surface area contributed by atoms with Gasteiger partial charge in [-0.1, -0.05) is 23.0 Å². The van der Waals surface area contributed by atoms with Gasteiger partial charge in [-0.2, -0.15) is 0 Å². The van der Waals surface area contributed by atoms with Crippen molar-refractivity contribution < 1.29 is 9.26 Å². The highest BCUT2D eigenvalue weighted by atomic mass is 32.2. The molecule has 5 nitrogen and oxygen atoms in total. The van der Waals surface area contributed by atoms with Crippen molar-refractivity contribution in [2.75, 3.05) is 12.4 Å². The molecule has 0 radical (unpaired) electrons. The molecule has 22 heavy (non-hydrogen) atoms. The lowest BCUT2D eigenvalue weighted by Crippen LogP contribution is -2.37. The molecule has 0 spiro atoms. The lowest BCUT2D eigenvalue weighted by atomic mass is 9.78. The van der Waals surface area contributed by atoms with Crippen LogP contribution in [0.1, 0.15) is 18.9 Å². The fourth-order valence-corrected chi connectivity index (χ4v) is 4.35. The molecule has 0 aliphatic carbocycles. The van der Waals surface area contributed by atoms with Gasteiger partial charge < -0.3 is 15.0 Å². The average molecular weight is 315 g/mol. The van der Waals surface area contributed by atoms with E-state index in [1.807, 2.05) is 12.1 Å². The quantitative estimate of drug-likeness (QED) is 0.875. The molecular weight excluding hydrogens is 298 g/mol. The molecule has 3 heterocycles. The number of amidine groups is 1. The number of aromatic nitrogens is 1. The number of nitrogens with zero attached hydrogens (tertiary/aromatic N) is 2. The number of nitrogens with two attached hydrogens (primary N) is 1. The fraction of sp³-hybridized carbons (Fsp3) is 0.375.